The van der Waals surface area contributed by atoms with Gasteiger partial charge in [0.15, 0.2) is 0 Å². The molecule has 0 radical (unpaired) electrons. The molecule has 0 saturated heterocycles. The molecule has 72 valence electrons. The largest absolute Gasteiger partial charge is 0.481 e. The Morgan fingerprint density at radius 2 is 2.31 bits per heavy atom. The maximum atomic E-state index is 9.60. The number of hydrogen-bond donors (Lipinski definition) is 1. The quantitative estimate of drug-likeness (QED) is 0.761. The molecule has 0 unspecified atom stereocenters. The van der Waals surface area contributed by atoms with Gasteiger partial charge in [-0.25, -0.2) is 0 Å². The lowest BCUT2D eigenvalue weighted by Gasteiger charge is -1.82. The normalized spacial score (nSPS) is 8.46. The van der Waals surface area contributed by atoms with Crippen molar-refractivity contribution in [1.82, 2.24) is 4.98 Å². The molecule has 0 amide bonds. The SMILES string of the molecule is CCCC(=O)O.Cc1cccnc1. The number of carboxylic acid groups (broad SMARTS) is 1. The molecule has 0 aliphatic rings. The van der Waals surface area contributed by atoms with Crippen molar-refractivity contribution in [2.75, 3.05) is 0 Å². The van der Waals surface area contributed by atoms with Gasteiger partial charge >= 0.3 is 5.97 Å². The van der Waals surface area contributed by atoms with Gasteiger partial charge in [-0.05, 0) is 25.0 Å². The van der Waals surface area contributed by atoms with Gasteiger partial charge in [-0.15, -0.1) is 0 Å². The molecular weight excluding hydrogens is 166 g/mol. The summed E-state index contributed by atoms with van der Waals surface area (Å²) in [6, 6.07) is 3.95. The number of nitrogens with zero attached hydrogens (tertiary/aromatic N) is 1. The van der Waals surface area contributed by atoms with E-state index in [0.29, 0.717) is 6.42 Å². The second kappa shape index (κ2) is 7.28. The van der Waals surface area contributed by atoms with Crippen LogP contribution in [0.4, 0.5) is 0 Å². The molecule has 0 aromatic carbocycles. The zero-order valence-corrected chi connectivity index (χ0v) is 8.03. The van der Waals surface area contributed by atoms with Crippen molar-refractivity contribution in [3.05, 3.63) is 30.1 Å². The first-order valence-electron chi connectivity index (χ1n) is 4.25. The average molecular weight is 181 g/mol. The Balaban J connectivity index is 0.000000226. The molecule has 1 N–H and O–H groups in total. The third kappa shape index (κ3) is 8.53. The molecule has 0 atom stereocenters. The molecule has 0 spiro atoms. The van der Waals surface area contributed by atoms with Crippen molar-refractivity contribution < 1.29 is 9.90 Å². The summed E-state index contributed by atoms with van der Waals surface area (Å²) in [7, 11) is 0. The van der Waals surface area contributed by atoms with E-state index in [2.05, 4.69) is 4.98 Å². The summed E-state index contributed by atoms with van der Waals surface area (Å²) in [5.41, 5.74) is 1.21. The minimum Gasteiger partial charge on any atom is -0.481 e. The number of aliphatic carboxylic acids is 1. The maximum Gasteiger partial charge on any atom is 0.303 e. The lowest BCUT2D eigenvalue weighted by molar-refractivity contribution is -0.137. The van der Waals surface area contributed by atoms with E-state index in [0.717, 1.165) is 6.42 Å². The summed E-state index contributed by atoms with van der Waals surface area (Å²) in [5.74, 6) is -0.711. The zero-order valence-electron chi connectivity index (χ0n) is 8.03. The first-order valence-corrected chi connectivity index (χ1v) is 4.25. The van der Waals surface area contributed by atoms with Crippen molar-refractivity contribution >= 4 is 5.97 Å². The van der Waals surface area contributed by atoms with Crippen molar-refractivity contribution in [3.63, 3.8) is 0 Å². The van der Waals surface area contributed by atoms with Crippen molar-refractivity contribution in [3.8, 4) is 0 Å². The molecule has 3 nitrogen and oxygen atoms in total. The summed E-state index contributed by atoms with van der Waals surface area (Å²) in [6.07, 6.45) is 4.63. The van der Waals surface area contributed by atoms with E-state index in [9.17, 15) is 4.79 Å². The third-order valence-electron chi connectivity index (χ3n) is 1.27. The molecule has 13 heavy (non-hydrogen) atoms. The Hall–Kier alpha value is -1.38. The van der Waals surface area contributed by atoms with Gasteiger partial charge in [-0.2, -0.15) is 0 Å². The molecule has 0 saturated carbocycles. The van der Waals surface area contributed by atoms with Crippen LogP contribution in [0.1, 0.15) is 25.3 Å². The summed E-state index contributed by atoms with van der Waals surface area (Å²) >= 11 is 0. The standard InChI is InChI=1S/C6H7N.C4H8O2/c1-6-3-2-4-7-5-6;1-2-3-4(5)6/h2-5H,1H3;2-3H2,1H3,(H,5,6). The molecule has 1 heterocycles. The lowest BCUT2D eigenvalue weighted by atomic mass is 10.3. The van der Waals surface area contributed by atoms with Crippen molar-refractivity contribution in [1.29, 1.82) is 0 Å². The number of carbonyl (C=O) groups is 1. The molecule has 1 aromatic heterocycles. The Morgan fingerprint density at radius 3 is 2.46 bits per heavy atom. The molecular formula is C10H15NO2. The van der Waals surface area contributed by atoms with E-state index in [4.69, 9.17) is 5.11 Å². The van der Waals surface area contributed by atoms with Crippen LogP contribution in [0.2, 0.25) is 0 Å². The highest BCUT2D eigenvalue weighted by atomic mass is 16.4. The van der Waals surface area contributed by atoms with Crippen LogP contribution >= 0.6 is 0 Å². The van der Waals surface area contributed by atoms with Crippen LogP contribution in [0.15, 0.2) is 24.5 Å². The number of rotatable bonds is 2. The van der Waals surface area contributed by atoms with Crippen molar-refractivity contribution in [2.45, 2.75) is 26.7 Å². The predicted molar refractivity (Wildman–Crippen MR) is 51.5 cm³/mol. The van der Waals surface area contributed by atoms with Gasteiger partial charge in [0, 0.05) is 18.8 Å². The van der Waals surface area contributed by atoms with Crippen LogP contribution < -0.4 is 0 Å². The minimum atomic E-state index is -0.711. The first kappa shape index (κ1) is 11.6. The number of hydrogen-bond acceptors (Lipinski definition) is 2. The summed E-state index contributed by atoms with van der Waals surface area (Å²) in [4.78, 5) is 13.5. The molecule has 3 heteroatoms. The van der Waals surface area contributed by atoms with Crippen molar-refractivity contribution in [2.24, 2.45) is 0 Å². The summed E-state index contributed by atoms with van der Waals surface area (Å²) in [5, 5.41) is 7.91. The highest BCUT2D eigenvalue weighted by Gasteiger charge is 1.87. The van der Waals surface area contributed by atoms with Crippen LogP contribution in [-0.2, 0) is 4.79 Å². The van der Waals surface area contributed by atoms with Gasteiger partial charge in [0.2, 0.25) is 0 Å². The van der Waals surface area contributed by atoms with E-state index in [1.807, 2.05) is 32.2 Å². The topological polar surface area (TPSA) is 50.2 Å². The monoisotopic (exact) mass is 181 g/mol. The third-order valence-corrected chi connectivity index (χ3v) is 1.27. The summed E-state index contributed by atoms with van der Waals surface area (Å²) < 4.78 is 0. The van der Waals surface area contributed by atoms with Crippen LogP contribution in [0.25, 0.3) is 0 Å². The first-order chi connectivity index (χ1) is 6.16. The molecule has 0 fully saturated rings. The predicted octanol–water partition coefficient (Wildman–Crippen LogP) is 2.26. The molecule has 0 bridgehead atoms. The number of aromatic nitrogens is 1. The number of carboxylic acids is 1. The fraction of sp³-hybridized carbons (Fsp3) is 0.400. The average Bonchev–Trinajstić information content (AvgIpc) is 2.06. The minimum absolute atomic E-state index is 0.292. The van der Waals surface area contributed by atoms with Crippen LogP contribution in [0.5, 0.6) is 0 Å². The Labute approximate surface area is 78.4 Å². The lowest BCUT2D eigenvalue weighted by Crippen LogP contribution is -1.90. The number of pyridine rings is 1. The number of aryl methyl sites for hydroxylation is 1. The van der Waals surface area contributed by atoms with E-state index in [1.54, 1.807) is 6.20 Å². The second-order valence-electron chi connectivity index (χ2n) is 2.67. The van der Waals surface area contributed by atoms with Gasteiger partial charge in [0.05, 0.1) is 0 Å². The fourth-order valence-corrected chi connectivity index (χ4v) is 0.662. The molecule has 0 aliphatic carbocycles. The Kier molecular flexibility index (Phi) is 6.51. The highest BCUT2D eigenvalue weighted by molar-refractivity contribution is 5.66. The van der Waals surface area contributed by atoms with Gasteiger partial charge in [-0.3, -0.25) is 9.78 Å². The highest BCUT2D eigenvalue weighted by Crippen LogP contribution is 1.88. The Bertz CT molecular complexity index is 234. The van der Waals surface area contributed by atoms with Crippen LogP contribution in [0.3, 0.4) is 0 Å². The Morgan fingerprint density at radius 1 is 1.62 bits per heavy atom. The van der Waals surface area contributed by atoms with Gasteiger partial charge in [0.25, 0.3) is 0 Å². The smallest absolute Gasteiger partial charge is 0.303 e. The van der Waals surface area contributed by atoms with Gasteiger partial charge in [0.1, 0.15) is 0 Å². The maximum absolute atomic E-state index is 9.60. The second-order valence-corrected chi connectivity index (χ2v) is 2.67. The van der Waals surface area contributed by atoms with Crippen LogP contribution in [-0.4, -0.2) is 16.1 Å². The fourth-order valence-electron chi connectivity index (χ4n) is 0.662. The summed E-state index contributed by atoms with van der Waals surface area (Å²) in [6.45, 7) is 3.86. The molecule has 1 aromatic rings. The molecule has 0 aliphatic heterocycles. The van der Waals surface area contributed by atoms with Crippen LogP contribution in [0, 0.1) is 6.92 Å². The molecule has 1 rings (SSSR count). The zero-order chi connectivity index (χ0) is 10.1. The van der Waals surface area contributed by atoms with Gasteiger partial charge in [-0.1, -0.05) is 13.0 Å². The van der Waals surface area contributed by atoms with E-state index < -0.39 is 5.97 Å². The van der Waals surface area contributed by atoms with Gasteiger partial charge < -0.3 is 5.11 Å². The van der Waals surface area contributed by atoms with E-state index in [1.165, 1.54) is 5.56 Å². The van der Waals surface area contributed by atoms with E-state index in [-0.39, 0.29) is 0 Å². The van der Waals surface area contributed by atoms with E-state index >= 15 is 0 Å².